The lowest BCUT2D eigenvalue weighted by atomic mass is 10.1. The fraction of sp³-hybridized carbons (Fsp3) is 0.500. The number of amides is 1. The average Bonchev–Trinajstić information content (AvgIpc) is 2.79. The van der Waals surface area contributed by atoms with Gasteiger partial charge in [-0.2, -0.15) is 0 Å². The van der Waals surface area contributed by atoms with Crippen LogP contribution in [0.5, 0.6) is 5.75 Å². The minimum Gasteiger partial charge on any atom is -0.496 e. The van der Waals surface area contributed by atoms with Crippen molar-refractivity contribution in [2.45, 2.75) is 19.4 Å². The number of hydrogen-bond acceptors (Lipinski definition) is 3. The Morgan fingerprint density at radius 1 is 1.58 bits per heavy atom. The van der Waals surface area contributed by atoms with E-state index in [4.69, 9.17) is 22.1 Å². The van der Waals surface area contributed by atoms with E-state index < -0.39 is 0 Å². The number of rotatable bonds is 3. The van der Waals surface area contributed by atoms with E-state index >= 15 is 0 Å². The molecule has 2 N–H and O–H groups in total. The molecule has 0 bridgehead atoms. The topological polar surface area (TPSA) is 55.6 Å². The molecule has 1 saturated heterocycles. The first-order chi connectivity index (χ1) is 9.08. The quantitative estimate of drug-likeness (QED) is 0.924. The molecule has 5 heteroatoms. The summed E-state index contributed by atoms with van der Waals surface area (Å²) in [5.74, 6) is 0.805. The summed E-state index contributed by atoms with van der Waals surface area (Å²) in [5.41, 5.74) is 6.14. The molecule has 1 aromatic carbocycles. The number of ether oxygens (including phenoxy) is 1. The highest BCUT2D eigenvalue weighted by Gasteiger charge is 2.34. The monoisotopic (exact) mass is 282 g/mol. The highest BCUT2D eigenvalue weighted by Crippen LogP contribution is 2.31. The first-order valence-corrected chi connectivity index (χ1v) is 6.79. The second-order valence-electron chi connectivity index (χ2n) is 4.96. The number of methoxy groups -OCH3 is 1. The van der Waals surface area contributed by atoms with Gasteiger partial charge in [0.25, 0.3) is 5.91 Å². The molecule has 0 radical (unpaired) electrons. The van der Waals surface area contributed by atoms with Crippen LogP contribution in [0.1, 0.15) is 23.7 Å². The van der Waals surface area contributed by atoms with Crippen molar-refractivity contribution in [2.75, 3.05) is 20.2 Å². The molecule has 1 heterocycles. The predicted octanol–water partition coefficient (Wildman–Crippen LogP) is 2.16. The van der Waals surface area contributed by atoms with E-state index in [1.54, 1.807) is 25.3 Å². The molecule has 19 heavy (non-hydrogen) atoms. The molecule has 1 fully saturated rings. The molecule has 1 aliphatic heterocycles. The van der Waals surface area contributed by atoms with E-state index in [2.05, 4.69) is 0 Å². The number of carbonyl (C=O) groups is 1. The van der Waals surface area contributed by atoms with Crippen LogP contribution < -0.4 is 10.5 Å². The SMILES string of the molecule is COc1cccc(Cl)c1C(=O)N1CC(CN)CC1C. The largest absolute Gasteiger partial charge is 0.496 e. The number of nitrogens with two attached hydrogens (primary N) is 1. The van der Waals surface area contributed by atoms with Crippen LogP contribution in [0.4, 0.5) is 0 Å². The third kappa shape index (κ3) is 2.69. The number of nitrogens with zero attached hydrogens (tertiary/aromatic N) is 1. The second kappa shape index (κ2) is 5.80. The van der Waals surface area contributed by atoms with Crippen molar-refractivity contribution >= 4 is 17.5 Å². The van der Waals surface area contributed by atoms with Crippen LogP contribution in [0, 0.1) is 5.92 Å². The first-order valence-electron chi connectivity index (χ1n) is 6.42. The summed E-state index contributed by atoms with van der Waals surface area (Å²) in [7, 11) is 1.54. The van der Waals surface area contributed by atoms with Crippen LogP contribution in [-0.4, -0.2) is 37.0 Å². The Morgan fingerprint density at radius 2 is 2.32 bits per heavy atom. The molecule has 104 valence electrons. The maximum Gasteiger partial charge on any atom is 0.259 e. The van der Waals surface area contributed by atoms with Gasteiger partial charge >= 0.3 is 0 Å². The zero-order chi connectivity index (χ0) is 14.0. The van der Waals surface area contributed by atoms with Crippen LogP contribution >= 0.6 is 11.6 Å². The summed E-state index contributed by atoms with van der Waals surface area (Å²) in [6.45, 7) is 3.33. The number of benzene rings is 1. The molecule has 1 aliphatic rings. The highest BCUT2D eigenvalue weighted by atomic mass is 35.5. The van der Waals surface area contributed by atoms with Crippen molar-refractivity contribution in [3.63, 3.8) is 0 Å². The summed E-state index contributed by atoms with van der Waals surface area (Å²) in [6, 6.07) is 5.41. The van der Waals surface area contributed by atoms with Gasteiger partial charge in [0.15, 0.2) is 0 Å². The van der Waals surface area contributed by atoms with Gasteiger partial charge in [-0.3, -0.25) is 4.79 Å². The van der Waals surface area contributed by atoms with Gasteiger partial charge in [0.05, 0.1) is 12.1 Å². The van der Waals surface area contributed by atoms with E-state index in [1.807, 2.05) is 11.8 Å². The average molecular weight is 283 g/mol. The van der Waals surface area contributed by atoms with Gasteiger partial charge in [0.2, 0.25) is 0 Å². The molecule has 0 spiro atoms. The molecule has 0 aromatic heterocycles. The lowest BCUT2D eigenvalue weighted by Crippen LogP contribution is -2.34. The summed E-state index contributed by atoms with van der Waals surface area (Å²) in [6.07, 6.45) is 0.939. The minimum atomic E-state index is -0.0779. The standard InChI is InChI=1S/C14H19ClN2O2/c1-9-6-10(7-16)8-17(9)14(18)13-11(15)4-3-5-12(13)19-2/h3-5,9-10H,6-8,16H2,1-2H3. The molecular formula is C14H19ClN2O2. The van der Waals surface area contributed by atoms with Crippen molar-refractivity contribution in [3.8, 4) is 5.75 Å². The summed E-state index contributed by atoms with van der Waals surface area (Å²) < 4.78 is 5.24. The van der Waals surface area contributed by atoms with Crippen molar-refractivity contribution in [2.24, 2.45) is 11.7 Å². The van der Waals surface area contributed by atoms with Gasteiger partial charge in [-0.1, -0.05) is 17.7 Å². The smallest absolute Gasteiger partial charge is 0.259 e. The van der Waals surface area contributed by atoms with E-state index in [1.165, 1.54) is 0 Å². The van der Waals surface area contributed by atoms with Crippen LogP contribution in [0.15, 0.2) is 18.2 Å². The number of hydrogen-bond donors (Lipinski definition) is 1. The fourth-order valence-corrected chi connectivity index (χ4v) is 2.87. The molecule has 0 saturated carbocycles. The molecule has 0 aliphatic carbocycles. The zero-order valence-electron chi connectivity index (χ0n) is 11.2. The summed E-state index contributed by atoms with van der Waals surface area (Å²) in [5, 5.41) is 0.424. The van der Waals surface area contributed by atoms with E-state index in [0.29, 0.717) is 35.3 Å². The highest BCUT2D eigenvalue weighted by molar-refractivity contribution is 6.34. The Hall–Kier alpha value is -1.26. The maximum absolute atomic E-state index is 12.6. The van der Waals surface area contributed by atoms with E-state index in [-0.39, 0.29) is 11.9 Å². The molecular weight excluding hydrogens is 264 g/mol. The first kappa shape index (κ1) is 14.2. The van der Waals surface area contributed by atoms with Crippen LogP contribution in [0.25, 0.3) is 0 Å². The van der Waals surface area contributed by atoms with Gasteiger partial charge in [-0.05, 0) is 37.9 Å². The molecule has 2 unspecified atom stereocenters. The Balaban J connectivity index is 2.30. The number of likely N-dealkylation sites (tertiary alicyclic amines) is 1. The molecule has 1 amide bonds. The van der Waals surface area contributed by atoms with Crippen molar-refractivity contribution in [3.05, 3.63) is 28.8 Å². The Morgan fingerprint density at radius 3 is 2.89 bits per heavy atom. The fourth-order valence-electron chi connectivity index (χ4n) is 2.62. The molecule has 2 atom stereocenters. The molecule has 2 rings (SSSR count). The van der Waals surface area contributed by atoms with Gasteiger partial charge in [-0.15, -0.1) is 0 Å². The Labute approximate surface area is 118 Å². The maximum atomic E-state index is 12.6. The normalized spacial score (nSPS) is 22.6. The third-order valence-electron chi connectivity index (χ3n) is 3.66. The van der Waals surface area contributed by atoms with Gasteiger partial charge in [0.1, 0.15) is 11.3 Å². The number of halogens is 1. The van der Waals surface area contributed by atoms with Gasteiger partial charge in [0, 0.05) is 12.6 Å². The second-order valence-corrected chi connectivity index (χ2v) is 5.37. The van der Waals surface area contributed by atoms with Gasteiger partial charge in [-0.25, -0.2) is 0 Å². The lowest BCUT2D eigenvalue weighted by molar-refractivity contribution is 0.0740. The molecule has 4 nitrogen and oxygen atoms in total. The van der Waals surface area contributed by atoms with E-state index in [9.17, 15) is 4.79 Å². The van der Waals surface area contributed by atoms with Gasteiger partial charge < -0.3 is 15.4 Å². The van der Waals surface area contributed by atoms with Crippen molar-refractivity contribution in [1.29, 1.82) is 0 Å². The van der Waals surface area contributed by atoms with Crippen LogP contribution in [-0.2, 0) is 0 Å². The zero-order valence-corrected chi connectivity index (χ0v) is 12.0. The Kier molecular flexibility index (Phi) is 4.32. The third-order valence-corrected chi connectivity index (χ3v) is 3.98. The van der Waals surface area contributed by atoms with Crippen molar-refractivity contribution in [1.82, 2.24) is 4.90 Å². The van der Waals surface area contributed by atoms with Crippen LogP contribution in [0.3, 0.4) is 0 Å². The lowest BCUT2D eigenvalue weighted by Gasteiger charge is -2.23. The minimum absolute atomic E-state index is 0.0779. The Bertz CT molecular complexity index is 479. The molecule has 1 aromatic rings. The van der Waals surface area contributed by atoms with Crippen molar-refractivity contribution < 1.29 is 9.53 Å². The number of carbonyl (C=O) groups excluding carboxylic acids is 1. The predicted molar refractivity (Wildman–Crippen MR) is 75.7 cm³/mol. The summed E-state index contributed by atoms with van der Waals surface area (Å²) >= 11 is 6.15. The van der Waals surface area contributed by atoms with E-state index in [0.717, 1.165) is 6.42 Å². The summed E-state index contributed by atoms with van der Waals surface area (Å²) in [4.78, 5) is 14.5. The van der Waals surface area contributed by atoms with Crippen LogP contribution in [0.2, 0.25) is 5.02 Å².